The highest BCUT2D eigenvalue weighted by atomic mass is 35.5. The second-order valence-corrected chi connectivity index (χ2v) is 3.94. The molecular weight excluding hydrogens is 198 g/mol. The maximum Gasteiger partial charge on any atom is 0.0820 e. The van der Waals surface area contributed by atoms with Crippen molar-refractivity contribution in [2.45, 2.75) is 18.9 Å². The molecule has 1 fully saturated rings. The molecule has 1 unspecified atom stereocenters. The van der Waals surface area contributed by atoms with Crippen LogP contribution in [0.4, 0.5) is 5.69 Å². The summed E-state index contributed by atoms with van der Waals surface area (Å²) in [4.78, 5) is 3.94. The van der Waals surface area contributed by atoms with E-state index in [9.17, 15) is 0 Å². The van der Waals surface area contributed by atoms with E-state index in [0.717, 1.165) is 18.8 Å². The zero-order chi connectivity index (χ0) is 9.80. The SMILES string of the molecule is Clc1cnccc1NCC1CCCN1. The number of pyridine rings is 1. The monoisotopic (exact) mass is 211 g/mol. The fourth-order valence-corrected chi connectivity index (χ4v) is 1.87. The Hall–Kier alpha value is -0.800. The van der Waals surface area contributed by atoms with Crippen LogP contribution in [0.3, 0.4) is 0 Å². The van der Waals surface area contributed by atoms with Gasteiger partial charge in [0, 0.05) is 25.0 Å². The highest BCUT2D eigenvalue weighted by Gasteiger charge is 2.13. The van der Waals surface area contributed by atoms with Crippen LogP contribution in [0.1, 0.15) is 12.8 Å². The lowest BCUT2D eigenvalue weighted by molar-refractivity contribution is 0.633. The molecule has 0 saturated carbocycles. The molecule has 0 radical (unpaired) electrons. The van der Waals surface area contributed by atoms with E-state index in [1.807, 2.05) is 6.07 Å². The third-order valence-electron chi connectivity index (χ3n) is 2.47. The Kier molecular flexibility index (Phi) is 3.22. The van der Waals surface area contributed by atoms with Crippen LogP contribution in [-0.4, -0.2) is 24.1 Å². The quantitative estimate of drug-likeness (QED) is 0.802. The van der Waals surface area contributed by atoms with E-state index in [-0.39, 0.29) is 0 Å². The molecule has 2 N–H and O–H groups in total. The van der Waals surface area contributed by atoms with Crippen LogP contribution >= 0.6 is 11.6 Å². The van der Waals surface area contributed by atoms with Gasteiger partial charge in [-0.05, 0) is 25.5 Å². The number of nitrogens with one attached hydrogen (secondary N) is 2. The summed E-state index contributed by atoms with van der Waals surface area (Å²) >= 11 is 5.96. The molecule has 0 aromatic carbocycles. The van der Waals surface area contributed by atoms with Crippen LogP contribution in [0.25, 0.3) is 0 Å². The average molecular weight is 212 g/mol. The number of anilines is 1. The van der Waals surface area contributed by atoms with Crippen LogP contribution in [-0.2, 0) is 0 Å². The van der Waals surface area contributed by atoms with E-state index >= 15 is 0 Å². The van der Waals surface area contributed by atoms with E-state index in [0.29, 0.717) is 11.1 Å². The van der Waals surface area contributed by atoms with Crippen molar-refractivity contribution in [1.82, 2.24) is 10.3 Å². The van der Waals surface area contributed by atoms with Crippen molar-refractivity contribution < 1.29 is 0 Å². The number of hydrogen-bond donors (Lipinski definition) is 2. The van der Waals surface area contributed by atoms with Crippen LogP contribution in [0.5, 0.6) is 0 Å². The van der Waals surface area contributed by atoms with E-state index in [1.54, 1.807) is 12.4 Å². The molecule has 0 amide bonds. The standard InChI is InChI=1S/C10H14ClN3/c11-9-7-12-5-3-10(9)14-6-8-2-1-4-13-8/h3,5,7-8,13H,1-2,4,6H2,(H,12,14). The highest BCUT2D eigenvalue weighted by molar-refractivity contribution is 6.33. The molecule has 1 atom stereocenters. The molecule has 1 saturated heterocycles. The Morgan fingerprint density at radius 2 is 2.57 bits per heavy atom. The minimum atomic E-state index is 0.583. The first kappa shape index (κ1) is 9.74. The average Bonchev–Trinajstić information content (AvgIpc) is 2.69. The largest absolute Gasteiger partial charge is 0.382 e. The number of aromatic nitrogens is 1. The summed E-state index contributed by atoms with van der Waals surface area (Å²) in [5.74, 6) is 0. The molecule has 0 spiro atoms. The first-order valence-electron chi connectivity index (χ1n) is 4.93. The minimum Gasteiger partial charge on any atom is -0.382 e. The maximum atomic E-state index is 5.96. The topological polar surface area (TPSA) is 37.0 Å². The van der Waals surface area contributed by atoms with Crippen LogP contribution in [0.2, 0.25) is 5.02 Å². The molecule has 1 aromatic heterocycles. The number of nitrogens with zero attached hydrogens (tertiary/aromatic N) is 1. The molecule has 1 aliphatic heterocycles. The molecule has 0 bridgehead atoms. The third-order valence-corrected chi connectivity index (χ3v) is 2.77. The third kappa shape index (κ3) is 2.36. The molecule has 2 rings (SSSR count). The first-order valence-corrected chi connectivity index (χ1v) is 5.31. The van der Waals surface area contributed by atoms with Gasteiger partial charge in [0.2, 0.25) is 0 Å². The molecule has 2 heterocycles. The Morgan fingerprint density at radius 1 is 1.64 bits per heavy atom. The van der Waals surface area contributed by atoms with Gasteiger partial charge in [-0.25, -0.2) is 0 Å². The van der Waals surface area contributed by atoms with Crippen LogP contribution in [0.15, 0.2) is 18.5 Å². The summed E-state index contributed by atoms with van der Waals surface area (Å²) in [5, 5.41) is 7.43. The van der Waals surface area contributed by atoms with E-state index in [1.165, 1.54) is 12.8 Å². The van der Waals surface area contributed by atoms with Gasteiger partial charge in [-0.15, -0.1) is 0 Å². The first-order chi connectivity index (χ1) is 6.86. The molecule has 1 aromatic rings. The van der Waals surface area contributed by atoms with Gasteiger partial charge in [0.1, 0.15) is 0 Å². The summed E-state index contributed by atoms with van der Waals surface area (Å²) in [5.41, 5.74) is 0.968. The maximum absolute atomic E-state index is 5.96. The van der Waals surface area contributed by atoms with E-state index in [2.05, 4.69) is 15.6 Å². The van der Waals surface area contributed by atoms with Crippen LogP contribution < -0.4 is 10.6 Å². The predicted molar refractivity (Wildman–Crippen MR) is 58.8 cm³/mol. The van der Waals surface area contributed by atoms with Crippen LogP contribution in [0, 0.1) is 0 Å². The lowest BCUT2D eigenvalue weighted by Crippen LogP contribution is -2.29. The Morgan fingerprint density at radius 3 is 3.29 bits per heavy atom. The van der Waals surface area contributed by atoms with Crippen molar-refractivity contribution in [2.24, 2.45) is 0 Å². The summed E-state index contributed by atoms with van der Waals surface area (Å²) in [6.45, 7) is 2.07. The van der Waals surface area contributed by atoms with Crippen molar-refractivity contribution in [1.29, 1.82) is 0 Å². The van der Waals surface area contributed by atoms with Crippen molar-refractivity contribution in [3.8, 4) is 0 Å². The van der Waals surface area contributed by atoms with E-state index in [4.69, 9.17) is 11.6 Å². The lowest BCUT2D eigenvalue weighted by Gasteiger charge is -2.13. The molecule has 76 valence electrons. The van der Waals surface area contributed by atoms with Gasteiger partial charge in [-0.3, -0.25) is 4.98 Å². The molecule has 14 heavy (non-hydrogen) atoms. The van der Waals surface area contributed by atoms with E-state index < -0.39 is 0 Å². The Labute approximate surface area is 88.9 Å². The second kappa shape index (κ2) is 4.62. The van der Waals surface area contributed by atoms with Gasteiger partial charge in [0.05, 0.1) is 10.7 Å². The van der Waals surface area contributed by atoms with Gasteiger partial charge in [0.15, 0.2) is 0 Å². The van der Waals surface area contributed by atoms with Gasteiger partial charge >= 0.3 is 0 Å². The zero-order valence-electron chi connectivity index (χ0n) is 7.96. The van der Waals surface area contributed by atoms with Gasteiger partial charge in [0.25, 0.3) is 0 Å². The van der Waals surface area contributed by atoms with Crippen molar-refractivity contribution in [3.63, 3.8) is 0 Å². The second-order valence-electron chi connectivity index (χ2n) is 3.53. The molecular formula is C10H14ClN3. The number of halogens is 1. The van der Waals surface area contributed by atoms with Crippen molar-refractivity contribution in [3.05, 3.63) is 23.5 Å². The summed E-state index contributed by atoms with van der Waals surface area (Å²) in [7, 11) is 0. The predicted octanol–water partition coefficient (Wildman–Crippen LogP) is 1.90. The fourth-order valence-electron chi connectivity index (χ4n) is 1.68. The van der Waals surface area contributed by atoms with Gasteiger partial charge in [-0.2, -0.15) is 0 Å². The highest BCUT2D eigenvalue weighted by Crippen LogP contribution is 2.19. The molecule has 0 aliphatic carbocycles. The summed E-state index contributed by atoms with van der Waals surface area (Å²) in [6, 6.07) is 2.48. The van der Waals surface area contributed by atoms with Crippen molar-refractivity contribution in [2.75, 3.05) is 18.4 Å². The van der Waals surface area contributed by atoms with Gasteiger partial charge in [-0.1, -0.05) is 11.6 Å². The number of hydrogen-bond acceptors (Lipinski definition) is 3. The molecule has 1 aliphatic rings. The summed E-state index contributed by atoms with van der Waals surface area (Å²) in [6.07, 6.45) is 5.92. The molecule has 3 nitrogen and oxygen atoms in total. The lowest BCUT2D eigenvalue weighted by atomic mass is 10.2. The summed E-state index contributed by atoms with van der Waals surface area (Å²) < 4.78 is 0. The zero-order valence-corrected chi connectivity index (χ0v) is 8.72. The fraction of sp³-hybridized carbons (Fsp3) is 0.500. The minimum absolute atomic E-state index is 0.583. The number of rotatable bonds is 3. The Balaban J connectivity index is 1.88. The molecule has 4 heteroatoms. The smallest absolute Gasteiger partial charge is 0.0820 e. The normalized spacial score (nSPS) is 21.1. The van der Waals surface area contributed by atoms with Gasteiger partial charge < -0.3 is 10.6 Å². The Bertz CT molecular complexity index is 297. The van der Waals surface area contributed by atoms with Crippen molar-refractivity contribution >= 4 is 17.3 Å².